The molecule has 5 heteroatoms. The van der Waals surface area contributed by atoms with Crippen molar-refractivity contribution in [2.24, 2.45) is 0 Å². The summed E-state index contributed by atoms with van der Waals surface area (Å²) in [4.78, 5) is 0. The highest BCUT2D eigenvalue weighted by Crippen LogP contribution is 2.33. The number of anilines is 3. The number of nitrogens with one attached hydrogen (secondary N) is 1. The molecule has 0 aromatic heterocycles. The van der Waals surface area contributed by atoms with Gasteiger partial charge in [0.2, 0.25) is 0 Å². The molecular formula is C14H14F2N2O. The van der Waals surface area contributed by atoms with Gasteiger partial charge in [-0.25, -0.2) is 8.78 Å². The maximum atomic E-state index is 13.7. The van der Waals surface area contributed by atoms with Crippen LogP contribution in [0.3, 0.4) is 0 Å². The van der Waals surface area contributed by atoms with Gasteiger partial charge in [0.05, 0.1) is 18.5 Å². The molecule has 0 aliphatic carbocycles. The molecule has 2 aromatic rings. The molecule has 0 unspecified atom stereocenters. The third-order valence-electron chi connectivity index (χ3n) is 2.74. The summed E-state index contributed by atoms with van der Waals surface area (Å²) >= 11 is 0. The number of hydrogen-bond donors (Lipinski definition) is 2. The number of ether oxygens (including phenoxy) is 1. The zero-order valence-electron chi connectivity index (χ0n) is 10.6. The molecule has 3 N–H and O–H groups in total. The van der Waals surface area contributed by atoms with E-state index in [4.69, 9.17) is 10.5 Å². The van der Waals surface area contributed by atoms with Crippen LogP contribution in [0.15, 0.2) is 30.3 Å². The Morgan fingerprint density at radius 2 is 1.89 bits per heavy atom. The number of nitrogen functional groups attached to an aromatic ring is 1. The van der Waals surface area contributed by atoms with Crippen LogP contribution in [0.2, 0.25) is 0 Å². The number of nitrogens with two attached hydrogens (primary N) is 1. The highest BCUT2D eigenvalue weighted by Gasteiger charge is 2.14. The van der Waals surface area contributed by atoms with Crippen LogP contribution in [0, 0.1) is 18.6 Å². The smallest absolute Gasteiger partial charge is 0.184 e. The largest absolute Gasteiger partial charge is 0.495 e. The molecule has 0 amide bonds. The van der Waals surface area contributed by atoms with Gasteiger partial charge in [0.15, 0.2) is 11.6 Å². The van der Waals surface area contributed by atoms with Crippen molar-refractivity contribution in [3.63, 3.8) is 0 Å². The van der Waals surface area contributed by atoms with Crippen molar-refractivity contribution in [3.8, 4) is 5.75 Å². The second kappa shape index (κ2) is 5.14. The predicted octanol–water partition coefficient (Wildman–Crippen LogP) is 3.61. The summed E-state index contributed by atoms with van der Waals surface area (Å²) in [6, 6.07) is 7.66. The van der Waals surface area contributed by atoms with Crippen molar-refractivity contribution in [1.29, 1.82) is 0 Å². The number of benzene rings is 2. The fourth-order valence-electron chi connectivity index (χ4n) is 1.75. The van der Waals surface area contributed by atoms with Gasteiger partial charge < -0.3 is 15.8 Å². The summed E-state index contributed by atoms with van der Waals surface area (Å²) in [7, 11) is 1.50. The minimum Gasteiger partial charge on any atom is -0.495 e. The lowest BCUT2D eigenvalue weighted by atomic mass is 10.2. The maximum Gasteiger partial charge on any atom is 0.184 e. The maximum absolute atomic E-state index is 13.7. The summed E-state index contributed by atoms with van der Waals surface area (Å²) in [5, 5.41) is 2.78. The van der Waals surface area contributed by atoms with Crippen LogP contribution in [0.1, 0.15) is 5.56 Å². The van der Waals surface area contributed by atoms with E-state index in [1.807, 2.05) is 13.0 Å². The highest BCUT2D eigenvalue weighted by molar-refractivity contribution is 5.76. The van der Waals surface area contributed by atoms with Crippen LogP contribution in [0.4, 0.5) is 25.8 Å². The first kappa shape index (κ1) is 13.1. The van der Waals surface area contributed by atoms with E-state index in [0.29, 0.717) is 11.4 Å². The number of hydrogen-bond acceptors (Lipinski definition) is 3. The fourth-order valence-corrected chi connectivity index (χ4v) is 1.75. The Morgan fingerprint density at radius 3 is 2.58 bits per heavy atom. The second-order valence-electron chi connectivity index (χ2n) is 4.15. The van der Waals surface area contributed by atoms with Crippen molar-refractivity contribution in [1.82, 2.24) is 0 Å². The van der Waals surface area contributed by atoms with E-state index in [9.17, 15) is 8.78 Å². The first-order valence-electron chi connectivity index (χ1n) is 5.68. The molecule has 0 bridgehead atoms. The summed E-state index contributed by atoms with van der Waals surface area (Å²) in [5.74, 6) is -1.44. The van der Waals surface area contributed by atoms with E-state index in [2.05, 4.69) is 5.32 Å². The van der Waals surface area contributed by atoms with Gasteiger partial charge in [0.25, 0.3) is 0 Å². The average Bonchev–Trinajstić information content (AvgIpc) is 2.39. The zero-order valence-corrected chi connectivity index (χ0v) is 10.6. The van der Waals surface area contributed by atoms with Crippen LogP contribution >= 0.6 is 0 Å². The summed E-state index contributed by atoms with van der Waals surface area (Å²) in [6.07, 6.45) is 0. The molecule has 19 heavy (non-hydrogen) atoms. The van der Waals surface area contributed by atoms with Crippen molar-refractivity contribution >= 4 is 17.1 Å². The van der Waals surface area contributed by atoms with E-state index in [1.54, 1.807) is 12.1 Å². The standard InChI is InChI=1S/C14H14F2N2O/c1-8-3-6-12(19-2)11(7-8)18-14-10(17)5-4-9(15)13(14)16/h3-7,18H,17H2,1-2H3. The molecule has 100 valence electrons. The molecule has 0 aliphatic heterocycles. The minimum atomic E-state index is -1.01. The number of methoxy groups -OCH3 is 1. The molecule has 3 nitrogen and oxygen atoms in total. The summed E-state index contributed by atoms with van der Waals surface area (Å²) < 4.78 is 32.1. The van der Waals surface area contributed by atoms with E-state index in [0.717, 1.165) is 11.6 Å². The Morgan fingerprint density at radius 1 is 1.16 bits per heavy atom. The first-order chi connectivity index (χ1) is 9.02. The molecule has 0 saturated carbocycles. The minimum absolute atomic E-state index is 0.0936. The Balaban J connectivity index is 2.47. The van der Waals surface area contributed by atoms with Crippen LogP contribution in [-0.4, -0.2) is 7.11 Å². The first-order valence-corrected chi connectivity index (χ1v) is 5.68. The Bertz CT molecular complexity index is 615. The van der Waals surface area contributed by atoms with Crippen molar-refractivity contribution in [3.05, 3.63) is 47.5 Å². The Kier molecular flexibility index (Phi) is 3.55. The van der Waals surface area contributed by atoms with Crippen LogP contribution in [0.25, 0.3) is 0 Å². The SMILES string of the molecule is COc1ccc(C)cc1Nc1c(N)ccc(F)c1F. The van der Waals surface area contributed by atoms with Crippen LogP contribution in [-0.2, 0) is 0 Å². The fraction of sp³-hybridized carbons (Fsp3) is 0.143. The van der Waals surface area contributed by atoms with Gasteiger partial charge in [-0.15, -0.1) is 0 Å². The average molecular weight is 264 g/mol. The molecule has 0 aliphatic rings. The zero-order chi connectivity index (χ0) is 14.0. The topological polar surface area (TPSA) is 47.3 Å². The van der Waals surface area contributed by atoms with E-state index in [1.165, 1.54) is 13.2 Å². The number of halogens is 2. The lowest BCUT2D eigenvalue weighted by Crippen LogP contribution is -2.03. The summed E-state index contributed by atoms with van der Waals surface area (Å²) in [5.41, 5.74) is 7.18. The third-order valence-corrected chi connectivity index (χ3v) is 2.74. The molecule has 0 saturated heterocycles. The van der Waals surface area contributed by atoms with Gasteiger partial charge in [0, 0.05) is 0 Å². The molecule has 0 radical (unpaired) electrons. The van der Waals surface area contributed by atoms with Crippen molar-refractivity contribution in [2.45, 2.75) is 6.92 Å². The van der Waals surface area contributed by atoms with E-state index >= 15 is 0 Å². The number of rotatable bonds is 3. The lowest BCUT2D eigenvalue weighted by molar-refractivity contribution is 0.416. The molecule has 0 atom stereocenters. The molecule has 0 fully saturated rings. The lowest BCUT2D eigenvalue weighted by Gasteiger charge is -2.14. The third kappa shape index (κ3) is 2.59. The summed E-state index contributed by atoms with van der Waals surface area (Å²) in [6.45, 7) is 1.88. The molecule has 0 spiro atoms. The Hall–Kier alpha value is -2.30. The molecule has 2 aromatic carbocycles. The van der Waals surface area contributed by atoms with E-state index < -0.39 is 11.6 Å². The van der Waals surface area contributed by atoms with Crippen LogP contribution in [0.5, 0.6) is 5.75 Å². The van der Waals surface area contributed by atoms with Gasteiger partial charge in [-0.2, -0.15) is 0 Å². The van der Waals surface area contributed by atoms with Crippen molar-refractivity contribution in [2.75, 3.05) is 18.2 Å². The normalized spacial score (nSPS) is 10.3. The van der Waals surface area contributed by atoms with Gasteiger partial charge >= 0.3 is 0 Å². The van der Waals surface area contributed by atoms with Gasteiger partial charge in [-0.3, -0.25) is 0 Å². The van der Waals surface area contributed by atoms with Gasteiger partial charge in [0.1, 0.15) is 11.4 Å². The predicted molar refractivity (Wildman–Crippen MR) is 71.8 cm³/mol. The second-order valence-corrected chi connectivity index (χ2v) is 4.15. The Labute approximate surface area is 110 Å². The van der Waals surface area contributed by atoms with Crippen LogP contribution < -0.4 is 15.8 Å². The van der Waals surface area contributed by atoms with Crippen molar-refractivity contribution < 1.29 is 13.5 Å². The van der Waals surface area contributed by atoms with E-state index in [-0.39, 0.29) is 11.4 Å². The van der Waals surface area contributed by atoms with Gasteiger partial charge in [-0.1, -0.05) is 6.07 Å². The monoisotopic (exact) mass is 264 g/mol. The number of aryl methyl sites for hydroxylation is 1. The molecule has 2 rings (SSSR count). The quantitative estimate of drug-likeness (QED) is 0.832. The highest BCUT2D eigenvalue weighted by atomic mass is 19.2. The van der Waals surface area contributed by atoms with Gasteiger partial charge in [-0.05, 0) is 36.8 Å². The molecule has 0 heterocycles. The molecular weight excluding hydrogens is 250 g/mol.